The molecule has 1 fully saturated rings. The second-order valence-electron chi connectivity index (χ2n) is 7.90. The highest BCUT2D eigenvalue weighted by Gasteiger charge is 2.41. The zero-order chi connectivity index (χ0) is 22.0. The largest absolute Gasteiger partial charge is 0.381 e. The number of halogens is 1. The molecule has 1 aliphatic heterocycles. The number of carbonyl (C=O) groups is 1. The van der Waals surface area contributed by atoms with E-state index >= 15 is 0 Å². The molecule has 1 amide bonds. The molecular weight excluding hydrogens is 427 g/mol. The topological polar surface area (TPSA) is 68.5 Å². The Kier molecular flexibility index (Phi) is 5.71. The first-order chi connectivity index (χ1) is 15.7. The number of thiazole rings is 1. The van der Waals surface area contributed by atoms with E-state index in [1.807, 2.05) is 35.7 Å². The first-order valence-electron chi connectivity index (χ1n) is 10.7. The van der Waals surface area contributed by atoms with Crippen molar-refractivity contribution in [3.05, 3.63) is 77.1 Å². The van der Waals surface area contributed by atoms with Crippen LogP contribution in [0.25, 0.3) is 16.3 Å². The molecule has 1 aliphatic rings. The number of ether oxygens (including phenoxy) is 1. The second-order valence-corrected chi connectivity index (χ2v) is 8.74. The third-order valence-electron chi connectivity index (χ3n) is 6.04. The van der Waals surface area contributed by atoms with Crippen LogP contribution in [-0.2, 0) is 21.4 Å². The van der Waals surface area contributed by atoms with Crippen LogP contribution in [-0.4, -0.2) is 40.3 Å². The van der Waals surface area contributed by atoms with Gasteiger partial charge in [-0.05, 0) is 30.5 Å². The molecule has 0 saturated carbocycles. The number of nitrogens with one attached hydrogen (secondary N) is 1. The molecule has 3 heterocycles. The molecule has 4 aromatic rings. The first-order valence-corrected chi connectivity index (χ1v) is 11.5. The second kappa shape index (κ2) is 8.80. The van der Waals surface area contributed by atoms with Gasteiger partial charge in [-0.25, -0.2) is 8.91 Å². The lowest BCUT2D eigenvalue weighted by Crippen LogP contribution is -2.48. The van der Waals surface area contributed by atoms with Gasteiger partial charge in [-0.1, -0.05) is 42.5 Å². The van der Waals surface area contributed by atoms with Gasteiger partial charge in [-0.15, -0.1) is 16.4 Å². The molecule has 6 nitrogen and oxygen atoms in total. The highest BCUT2D eigenvalue weighted by Crippen LogP contribution is 2.35. The SMILES string of the molecule is O=C(NCCc1csc2nc(-c3ccccc3F)nn12)C1(c2ccccc2)CCOCC1. The molecule has 0 aliphatic carbocycles. The highest BCUT2D eigenvalue weighted by atomic mass is 32.1. The van der Waals surface area contributed by atoms with Gasteiger partial charge in [-0.3, -0.25) is 4.79 Å². The van der Waals surface area contributed by atoms with E-state index in [9.17, 15) is 9.18 Å². The lowest BCUT2D eigenvalue weighted by atomic mass is 9.73. The standard InChI is InChI=1S/C24H23FN4O2S/c25-20-9-5-4-8-19(20)21-27-23-29(28-21)18(16-32-23)10-13-26-22(30)24(11-14-31-15-12-24)17-6-2-1-3-7-17/h1-9,16H,10-15H2,(H,26,30). The van der Waals surface area contributed by atoms with Gasteiger partial charge in [0, 0.05) is 31.6 Å². The molecule has 164 valence electrons. The van der Waals surface area contributed by atoms with Gasteiger partial charge in [-0.2, -0.15) is 4.98 Å². The monoisotopic (exact) mass is 450 g/mol. The van der Waals surface area contributed by atoms with Crippen molar-refractivity contribution in [2.75, 3.05) is 19.8 Å². The summed E-state index contributed by atoms with van der Waals surface area (Å²) in [5.41, 5.74) is 1.78. The van der Waals surface area contributed by atoms with Gasteiger partial charge in [0.05, 0.1) is 16.7 Å². The third kappa shape index (κ3) is 3.80. The van der Waals surface area contributed by atoms with Gasteiger partial charge in [0.2, 0.25) is 10.9 Å². The number of carbonyl (C=O) groups excluding carboxylic acids is 1. The smallest absolute Gasteiger partial charge is 0.230 e. The van der Waals surface area contributed by atoms with E-state index in [2.05, 4.69) is 15.4 Å². The van der Waals surface area contributed by atoms with E-state index in [1.165, 1.54) is 17.4 Å². The predicted octanol–water partition coefficient (Wildman–Crippen LogP) is 4.00. The fourth-order valence-electron chi connectivity index (χ4n) is 4.25. The van der Waals surface area contributed by atoms with E-state index < -0.39 is 5.41 Å². The zero-order valence-corrected chi connectivity index (χ0v) is 18.3. The van der Waals surface area contributed by atoms with Gasteiger partial charge >= 0.3 is 0 Å². The first kappa shape index (κ1) is 20.8. The Bertz CT molecular complexity index is 1230. The summed E-state index contributed by atoms with van der Waals surface area (Å²) in [5.74, 6) is 0.0526. The highest BCUT2D eigenvalue weighted by molar-refractivity contribution is 7.15. The van der Waals surface area contributed by atoms with Crippen LogP contribution >= 0.6 is 11.3 Å². The van der Waals surface area contributed by atoms with Crippen LogP contribution in [0.3, 0.4) is 0 Å². The number of rotatable bonds is 6. The minimum Gasteiger partial charge on any atom is -0.381 e. The number of benzene rings is 2. The summed E-state index contributed by atoms with van der Waals surface area (Å²) < 4.78 is 21.4. The lowest BCUT2D eigenvalue weighted by Gasteiger charge is -2.36. The lowest BCUT2D eigenvalue weighted by molar-refractivity contribution is -0.130. The van der Waals surface area contributed by atoms with Crippen LogP contribution in [0.1, 0.15) is 24.1 Å². The van der Waals surface area contributed by atoms with Crippen molar-refractivity contribution < 1.29 is 13.9 Å². The van der Waals surface area contributed by atoms with Crippen LogP contribution in [0, 0.1) is 5.82 Å². The number of fused-ring (bicyclic) bond motifs is 1. The minimum atomic E-state index is -0.561. The number of amides is 1. The number of hydrogen-bond donors (Lipinski definition) is 1. The molecule has 2 aromatic carbocycles. The Morgan fingerprint density at radius 2 is 1.88 bits per heavy atom. The summed E-state index contributed by atoms with van der Waals surface area (Å²) in [6, 6.07) is 16.4. The van der Waals surface area contributed by atoms with Gasteiger partial charge in [0.15, 0.2) is 5.82 Å². The van der Waals surface area contributed by atoms with Crippen LogP contribution in [0.2, 0.25) is 0 Å². The van der Waals surface area contributed by atoms with Gasteiger partial charge in [0.1, 0.15) is 5.82 Å². The number of hydrogen-bond acceptors (Lipinski definition) is 5. The van der Waals surface area contributed by atoms with Gasteiger partial charge in [0.25, 0.3) is 0 Å². The van der Waals surface area contributed by atoms with E-state index in [1.54, 1.807) is 22.7 Å². The van der Waals surface area contributed by atoms with Crippen LogP contribution in [0.15, 0.2) is 60.0 Å². The Morgan fingerprint density at radius 3 is 2.66 bits per heavy atom. The molecule has 0 atom stereocenters. The molecular formula is C24H23FN4O2S. The Morgan fingerprint density at radius 1 is 1.12 bits per heavy atom. The molecule has 2 aromatic heterocycles. The summed E-state index contributed by atoms with van der Waals surface area (Å²) in [6.45, 7) is 1.63. The average Bonchev–Trinajstić information content (AvgIpc) is 3.42. The van der Waals surface area contributed by atoms with Gasteiger partial charge < -0.3 is 10.1 Å². The van der Waals surface area contributed by atoms with Crippen molar-refractivity contribution in [3.63, 3.8) is 0 Å². The Labute approximate surface area is 189 Å². The quantitative estimate of drug-likeness (QED) is 0.482. The van der Waals surface area contributed by atoms with Crippen molar-refractivity contribution in [1.82, 2.24) is 19.9 Å². The van der Waals surface area contributed by atoms with Crippen molar-refractivity contribution in [2.45, 2.75) is 24.7 Å². The summed E-state index contributed by atoms with van der Waals surface area (Å²) in [5, 5.41) is 9.61. The van der Waals surface area contributed by atoms with E-state index in [4.69, 9.17) is 4.74 Å². The molecule has 32 heavy (non-hydrogen) atoms. The van der Waals surface area contributed by atoms with Crippen molar-refractivity contribution in [2.24, 2.45) is 0 Å². The van der Waals surface area contributed by atoms with E-state index in [0.717, 1.165) is 11.3 Å². The minimum absolute atomic E-state index is 0.0316. The molecule has 0 unspecified atom stereocenters. The fourth-order valence-corrected chi connectivity index (χ4v) is 5.11. The molecule has 5 rings (SSSR count). The third-order valence-corrected chi connectivity index (χ3v) is 6.90. The molecule has 0 bridgehead atoms. The molecule has 0 radical (unpaired) electrons. The maximum Gasteiger partial charge on any atom is 0.230 e. The fraction of sp³-hybridized carbons (Fsp3) is 0.292. The van der Waals surface area contributed by atoms with Crippen molar-refractivity contribution in [3.8, 4) is 11.4 Å². The van der Waals surface area contributed by atoms with E-state index in [-0.39, 0.29) is 11.7 Å². The van der Waals surface area contributed by atoms with Crippen LogP contribution in [0.4, 0.5) is 4.39 Å². The van der Waals surface area contributed by atoms with Crippen LogP contribution in [0.5, 0.6) is 0 Å². The van der Waals surface area contributed by atoms with E-state index in [0.29, 0.717) is 55.4 Å². The Hall–Kier alpha value is -3.10. The molecule has 0 spiro atoms. The molecule has 1 N–H and O–H groups in total. The number of nitrogens with zero attached hydrogens (tertiary/aromatic N) is 3. The summed E-state index contributed by atoms with van der Waals surface area (Å²) >= 11 is 1.46. The maximum atomic E-state index is 14.1. The molecule has 8 heteroatoms. The predicted molar refractivity (Wildman–Crippen MR) is 121 cm³/mol. The summed E-state index contributed by atoms with van der Waals surface area (Å²) in [7, 11) is 0. The van der Waals surface area contributed by atoms with Crippen LogP contribution < -0.4 is 5.32 Å². The van der Waals surface area contributed by atoms with Crippen molar-refractivity contribution >= 4 is 22.2 Å². The maximum absolute atomic E-state index is 14.1. The Balaban J connectivity index is 1.31. The normalized spacial score (nSPS) is 15.7. The molecule has 1 saturated heterocycles. The van der Waals surface area contributed by atoms with Crippen molar-refractivity contribution in [1.29, 1.82) is 0 Å². The zero-order valence-electron chi connectivity index (χ0n) is 17.5. The summed E-state index contributed by atoms with van der Waals surface area (Å²) in [4.78, 5) is 18.5. The number of aromatic nitrogens is 3. The average molecular weight is 451 g/mol. The summed E-state index contributed by atoms with van der Waals surface area (Å²) in [6.07, 6.45) is 1.94.